The van der Waals surface area contributed by atoms with E-state index in [1.807, 2.05) is 0 Å². The molecule has 0 N–H and O–H groups in total. The first-order chi connectivity index (χ1) is 1.41. The van der Waals surface area contributed by atoms with Crippen LogP contribution >= 0.6 is 0 Å². The van der Waals surface area contributed by atoms with E-state index in [-0.39, 0.29) is 7.43 Å². The van der Waals surface area contributed by atoms with Gasteiger partial charge in [-0.1, -0.05) is 20.3 Å². The molecule has 0 rings (SSSR count). The molecule has 0 aromatic heterocycles. The van der Waals surface area contributed by atoms with Gasteiger partial charge in [-0.3, -0.25) is 0 Å². The van der Waals surface area contributed by atoms with Crippen molar-refractivity contribution in [1.82, 2.24) is 0 Å². The van der Waals surface area contributed by atoms with Gasteiger partial charge in [0.15, 0.2) is 0 Å². The third-order valence-corrected chi connectivity index (χ3v) is 0. The Balaban J connectivity index is 0. The van der Waals surface area contributed by atoms with Crippen molar-refractivity contribution >= 4 is 0 Å². The molecule has 0 atom stereocenters. The van der Waals surface area contributed by atoms with E-state index in [9.17, 15) is 0 Å². The lowest BCUT2D eigenvalue weighted by Gasteiger charge is -1.48. The molecule has 0 spiro atoms. The molecular weight excluding hydrogens is 48.0 g/mol. The smallest absolute Gasteiger partial charge is 0.0590 e. The quantitative estimate of drug-likeness (QED) is 0.374. The summed E-state index contributed by atoms with van der Waals surface area (Å²) in [4.78, 5) is 0. The second-order valence-electron chi connectivity index (χ2n) is 0.707. The van der Waals surface area contributed by atoms with Gasteiger partial charge in [0.1, 0.15) is 0 Å². The fourth-order valence-corrected chi connectivity index (χ4v) is 0. The summed E-state index contributed by atoms with van der Waals surface area (Å²) in [5.41, 5.74) is 0. The van der Waals surface area contributed by atoms with E-state index < -0.39 is 0 Å². The molecule has 0 aromatic rings. The molecule has 0 heterocycles. The fourth-order valence-electron chi connectivity index (χ4n) is 0. The van der Waals surface area contributed by atoms with Crippen LogP contribution in [0.15, 0.2) is 0 Å². The van der Waals surface area contributed by atoms with Crippen LogP contribution in [-0.4, -0.2) is 0 Å². The maximum atomic E-state index is 2.12. The van der Waals surface area contributed by atoms with Crippen LogP contribution in [0.3, 0.4) is 0 Å². The van der Waals surface area contributed by atoms with Gasteiger partial charge < -0.3 is 7.43 Å². The molecule has 0 radical (unpaired) electrons. The normalized spacial score (nSPS) is 4.50. The van der Waals surface area contributed by atoms with Crippen LogP contribution in [-0.2, 0) is 0 Å². The Hall–Kier alpha value is 0. The van der Waals surface area contributed by atoms with E-state index in [2.05, 4.69) is 13.8 Å². The predicted octanol–water partition coefficient (Wildman–Crippen LogP) is 1.87. The molecule has 0 aliphatic carbocycles. The topological polar surface area (TPSA) is 0 Å². The molecule has 0 fully saturated rings. The fraction of sp³-hybridized carbons (Fsp3) is 0.750. The molecule has 28 valence electrons. The van der Waals surface area contributed by atoms with Crippen molar-refractivity contribution in [2.45, 2.75) is 20.3 Å². The van der Waals surface area contributed by atoms with Gasteiger partial charge in [0.25, 0.3) is 0 Å². The molecule has 4 heavy (non-hydrogen) atoms. The van der Waals surface area contributed by atoms with Crippen molar-refractivity contribution in [2.24, 2.45) is 0 Å². The second-order valence-corrected chi connectivity index (χ2v) is 0.707. The van der Waals surface area contributed by atoms with Gasteiger partial charge in [0.2, 0.25) is 0 Å². The largest absolute Gasteiger partial charge is 0.358 e. The Labute approximate surface area is 28.8 Å². The van der Waals surface area contributed by atoms with E-state index in [4.69, 9.17) is 0 Å². The number of hydrogen-bond acceptors (Lipinski definition) is 0. The van der Waals surface area contributed by atoms with Crippen LogP contribution in [0, 0.1) is 7.43 Å². The molecule has 0 saturated heterocycles. The Bertz CT molecular complexity index is 0. The van der Waals surface area contributed by atoms with Crippen molar-refractivity contribution in [3.63, 3.8) is 0 Å². The predicted molar refractivity (Wildman–Crippen MR) is 22.4 cm³/mol. The summed E-state index contributed by atoms with van der Waals surface area (Å²) in [6.07, 6.45) is 1.25. The van der Waals surface area contributed by atoms with E-state index in [1.54, 1.807) is 0 Å². The summed E-state index contributed by atoms with van der Waals surface area (Å²) >= 11 is 0. The van der Waals surface area contributed by atoms with Crippen molar-refractivity contribution in [1.29, 1.82) is 0 Å². The van der Waals surface area contributed by atoms with Gasteiger partial charge in [0.05, 0.1) is 0 Å². The Kier molecular flexibility index (Phi) is 27.0. The molecule has 0 unspecified atom stereocenters. The average Bonchev–Trinajstić information content (AvgIpc) is 0.918. The summed E-state index contributed by atoms with van der Waals surface area (Å²) in [7, 11) is 0. The van der Waals surface area contributed by atoms with Crippen LogP contribution in [0.1, 0.15) is 20.3 Å². The van der Waals surface area contributed by atoms with Crippen LogP contribution in [0.5, 0.6) is 0 Å². The van der Waals surface area contributed by atoms with Gasteiger partial charge in [-0.05, 0) is 0 Å². The van der Waals surface area contributed by atoms with Gasteiger partial charge in [-0.2, -0.15) is 0 Å². The first-order valence-corrected chi connectivity index (χ1v) is 1.41. The lowest BCUT2D eigenvalue weighted by atomic mass is 10.6. The molecule has 0 nitrogen and oxygen atoms in total. The third-order valence-electron chi connectivity index (χ3n) is 0. The number of hydrogen-bond donors (Lipinski definition) is 0. The highest BCUT2D eigenvalue weighted by atomic mass is 13.4. The molecule has 0 heteroatoms. The van der Waals surface area contributed by atoms with Crippen molar-refractivity contribution in [2.75, 3.05) is 0 Å². The minimum Gasteiger partial charge on any atom is -0.358 e. The molecule has 0 amide bonds. The van der Waals surface area contributed by atoms with Gasteiger partial charge in [-0.15, -0.1) is 0 Å². The SMILES string of the molecule is CCC.[CH3-]. The zero-order valence-corrected chi connectivity index (χ0v) is 3.71. The average molecular weight is 59.1 g/mol. The monoisotopic (exact) mass is 59.1 g/mol. The molecule has 0 saturated carbocycles. The van der Waals surface area contributed by atoms with Crippen molar-refractivity contribution in [3.8, 4) is 0 Å². The number of rotatable bonds is 0. The van der Waals surface area contributed by atoms with Gasteiger partial charge in [-0.25, -0.2) is 0 Å². The van der Waals surface area contributed by atoms with Crippen molar-refractivity contribution in [3.05, 3.63) is 7.43 Å². The van der Waals surface area contributed by atoms with E-state index in [0.717, 1.165) is 0 Å². The molecule has 0 aromatic carbocycles. The summed E-state index contributed by atoms with van der Waals surface area (Å²) in [5, 5.41) is 0. The summed E-state index contributed by atoms with van der Waals surface area (Å²) in [5.74, 6) is 0. The standard InChI is InChI=1S/C3H8.CH3/c1-3-2;/h3H2,1-2H3;1H3/q;-1. The zero-order valence-electron chi connectivity index (χ0n) is 3.71. The third kappa shape index (κ3) is 0. The lowest BCUT2D eigenvalue weighted by Crippen LogP contribution is -1.27. The maximum absolute atomic E-state index is 2.12. The molecule has 0 bridgehead atoms. The minimum atomic E-state index is 0. The van der Waals surface area contributed by atoms with E-state index in [0.29, 0.717) is 0 Å². The highest BCUT2D eigenvalue weighted by Gasteiger charge is 1.35. The van der Waals surface area contributed by atoms with Crippen LogP contribution in [0.25, 0.3) is 0 Å². The summed E-state index contributed by atoms with van der Waals surface area (Å²) in [6.45, 7) is 4.25. The van der Waals surface area contributed by atoms with Gasteiger partial charge >= 0.3 is 0 Å². The Morgan fingerprint density at radius 2 is 1.25 bits per heavy atom. The highest BCUT2D eigenvalue weighted by Crippen LogP contribution is 1.56. The summed E-state index contributed by atoms with van der Waals surface area (Å²) in [6, 6.07) is 0. The van der Waals surface area contributed by atoms with Crippen LogP contribution in [0.4, 0.5) is 0 Å². The molecule has 0 aliphatic heterocycles. The Morgan fingerprint density at radius 3 is 1.25 bits per heavy atom. The van der Waals surface area contributed by atoms with Crippen molar-refractivity contribution < 1.29 is 0 Å². The van der Waals surface area contributed by atoms with E-state index in [1.165, 1.54) is 6.42 Å². The Morgan fingerprint density at radius 1 is 1.25 bits per heavy atom. The molecule has 0 aliphatic rings. The second kappa shape index (κ2) is 12.0. The van der Waals surface area contributed by atoms with Crippen LogP contribution in [0.2, 0.25) is 0 Å². The summed E-state index contributed by atoms with van der Waals surface area (Å²) < 4.78 is 0. The molecular formula is C4H11-. The van der Waals surface area contributed by atoms with Crippen LogP contribution < -0.4 is 0 Å². The minimum absolute atomic E-state index is 0. The van der Waals surface area contributed by atoms with Gasteiger partial charge in [0, 0.05) is 0 Å². The zero-order chi connectivity index (χ0) is 2.71. The lowest BCUT2D eigenvalue weighted by molar-refractivity contribution is 1.09. The maximum Gasteiger partial charge on any atom is -0.0590 e. The van der Waals surface area contributed by atoms with E-state index >= 15 is 0 Å². The highest BCUT2D eigenvalue weighted by molar-refractivity contribution is 3.92. The first-order valence-electron chi connectivity index (χ1n) is 1.41. The first kappa shape index (κ1) is 9.00.